The number of amides is 2. The van der Waals surface area contributed by atoms with Crippen LogP contribution in [0.2, 0.25) is 5.02 Å². The number of halogens is 1. The number of nitrogens with zero attached hydrogens (tertiary/aromatic N) is 1. The van der Waals surface area contributed by atoms with Gasteiger partial charge in [-0.1, -0.05) is 29.8 Å². The fraction of sp³-hybridized carbons (Fsp3) is 0.333. The lowest BCUT2D eigenvalue weighted by Crippen LogP contribution is -2.55. The van der Waals surface area contributed by atoms with Gasteiger partial charge in [0.1, 0.15) is 11.3 Å². The molecule has 1 atom stereocenters. The van der Waals surface area contributed by atoms with E-state index in [4.69, 9.17) is 26.8 Å². The molecule has 0 aromatic heterocycles. The molecule has 0 aliphatic heterocycles. The summed E-state index contributed by atoms with van der Waals surface area (Å²) in [6.07, 6.45) is 2.30. The van der Waals surface area contributed by atoms with Crippen molar-refractivity contribution in [3.8, 4) is 5.75 Å². The fourth-order valence-corrected chi connectivity index (χ4v) is 4.28. The number of ketones is 1. The lowest BCUT2D eigenvalue weighted by Gasteiger charge is -2.43. The monoisotopic (exact) mass is 472 g/mol. The van der Waals surface area contributed by atoms with Crippen LogP contribution in [-0.2, 0) is 24.7 Å². The molecule has 9 heteroatoms. The summed E-state index contributed by atoms with van der Waals surface area (Å²) in [5.41, 5.74) is 4.61. The fourth-order valence-electron chi connectivity index (χ4n) is 3.99. The van der Waals surface area contributed by atoms with Crippen LogP contribution in [-0.4, -0.2) is 48.7 Å². The highest BCUT2D eigenvalue weighted by Gasteiger charge is 2.48. The summed E-state index contributed by atoms with van der Waals surface area (Å²) in [4.78, 5) is 50.6. The summed E-state index contributed by atoms with van der Waals surface area (Å²) in [5.74, 6) is -1.57. The van der Waals surface area contributed by atoms with Crippen molar-refractivity contribution in [2.24, 2.45) is 5.73 Å². The number of hydrogen-bond acceptors (Lipinski definition) is 6. The maximum atomic E-state index is 13.1. The largest absolute Gasteiger partial charge is 0.484 e. The highest BCUT2D eigenvalue weighted by molar-refractivity contribution is 6.31. The Morgan fingerprint density at radius 3 is 2.39 bits per heavy atom. The van der Waals surface area contributed by atoms with Crippen LogP contribution in [0.5, 0.6) is 5.75 Å². The molecular formula is C24H25ClN2O6. The van der Waals surface area contributed by atoms with E-state index in [1.165, 1.54) is 36.2 Å². The Morgan fingerprint density at radius 2 is 1.76 bits per heavy atom. The number of hydrogen-bond donors (Lipinski definition) is 1. The first-order valence-corrected chi connectivity index (χ1v) is 10.9. The molecule has 2 aromatic carbocycles. The zero-order valence-electron chi connectivity index (χ0n) is 18.2. The van der Waals surface area contributed by atoms with E-state index < -0.39 is 29.9 Å². The van der Waals surface area contributed by atoms with Crippen molar-refractivity contribution in [2.75, 3.05) is 20.3 Å². The van der Waals surface area contributed by atoms with Gasteiger partial charge >= 0.3 is 5.97 Å². The van der Waals surface area contributed by atoms with Crippen molar-refractivity contribution in [3.63, 3.8) is 0 Å². The molecule has 0 heterocycles. The van der Waals surface area contributed by atoms with Gasteiger partial charge in [-0.15, -0.1) is 0 Å². The van der Waals surface area contributed by atoms with E-state index in [0.29, 0.717) is 29.2 Å². The minimum absolute atomic E-state index is 0.0874. The first-order chi connectivity index (χ1) is 15.8. The number of rotatable bonds is 8. The van der Waals surface area contributed by atoms with Crippen molar-refractivity contribution >= 4 is 35.2 Å². The van der Waals surface area contributed by atoms with E-state index in [0.717, 1.165) is 12.8 Å². The van der Waals surface area contributed by atoms with Crippen LogP contribution >= 0.6 is 11.6 Å². The molecule has 2 N–H and O–H groups in total. The number of esters is 1. The number of Topliss-reactive ketones (excluding diaryl/α,β-unsaturated/α-hetero) is 1. The van der Waals surface area contributed by atoms with Crippen molar-refractivity contribution in [2.45, 2.75) is 31.2 Å². The topological polar surface area (TPSA) is 116 Å². The molecule has 0 bridgehead atoms. The molecule has 2 aromatic rings. The van der Waals surface area contributed by atoms with Crippen LogP contribution in [0.1, 0.15) is 41.6 Å². The predicted octanol–water partition coefficient (Wildman–Crippen LogP) is 2.86. The summed E-state index contributed by atoms with van der Waals surface area (Å²) >= 11 is 6.41. The van der Waals surface area contributed by atoms with Gasteiger partial charge in [0.25, 0.3) is 11.8 Å². The Bertz CT molecular complexity index is 1060. The molecule has 0 saturated heterocycles. The van der Waals surface area contributed by atoms with Gasteiger partial charge in [-0.2, -0.15) is 0 Å². The van der Waals surface area contributed by atoms with E-state index in [9.17, 15) is 19.2 Å². The minimum Gasteiger partial charge on any atom is -0.484 e. The average molecular weight is 473 g/mol. The van der Waals surface area contributed by atoms with Crippen LogP contribution in [0.25, 0.3) is 0 Å². The third-order valence-corrected chi connectivity index (χ3v) is 6.05. The Morgan fingerprint density at radius 1 is 1.06 bits per heavy atom. The smallest absolute Gasteiger partial charge is 0.338 e. The standard InChI is InChI=1S/C24H25ClN2O6/c1-27(24(13-5-4-8-20(24)28)18-6-2-3-7-19(18)25)22(30)15-33-23(31)16-9-11-17(12-10-16)32-14-21(26)29/h2-3,6-7,9-12H,4-5,8,13-15H2,1H3,(H2,26,29). The summed E-state index contributed by atoms with van der Waals surface area (Å²) in [7, 11) is 1.54. The highest BCUT2D eigenvalue weighted by atomic mass is 35.5. The lowest BCUT2D eigenvalue weighted by atomic mass is 9.74. The van der Waals surface area contributed by atoms with E-state index in [2.05, 4.69) is 0 Å². The number of likely N-dealkylation sites (N-methyl/N-ethyl adjacent to an activating group) is 1. The quantitative estimate of drug-likeness (QED) is 0.590. The molecule has 174 valence electrons. The first kappa shape index (κ1) is 24.3. The number of carbonyl (C=O) groups excluding carboxylic acids is 4. The van der Waals surface area contributed by atoms with Gasteiger partial charge in [0.05, 0.1) is 5.56 Å². The van der Waals surface area contributed by atoms with Crippen molar-refractivity contribution < 1.29 is 28.7 Å². The molecule has 1 aliphatic rings. The normalized spacial score (nSPS) is 17.8. The Kier molecular flexibility index (Phi) is 7.71. The molecule has 3 rings (SSSR count). The number of benzene rings is 2. The average Bonchev–Trinajstić information content (AvgIpc) is 2.81. The molecule has 8 nitrogen and oxygen atoms in total. The zero-order valence-corrected chi connectivity index (χ0v) is 19.0. The summed E-state index contributed by atoms with van der Waals surface area (Å²) in [6, 6.07) is 12.9. The van der Waals surface area contributed by atoms with Gasteiger partial charge in [0.2, 0.25) is 0 Å². The molecule has 33 heavy (non-hydrogen) atoms. The van der Waals surface area contributed by atoms with Gasteiger partial charge in [0, 0.05) is 24.1 Å². The van der Waals surface area contributed by atoms with Crippen LogP contribution in [0.4, 0.5) is 0 Å². The van der Waals surface area contributed by atoms with E-state index in [1.54, 1.807) is 24.3 Å². The van der Waals surface area contributed by atoms with Crippen molar-refractivity contribution in [1.29, 1.82) is 0 Å². The summed E-state index contributed by atoms with van der Waals surface area (Å²) in [5, 5.41) is 0.406. The molecule has 1 aliphatic carbocycles. The van der Waals surface area contributed by atoms with Crippen LogP contribution in [0, 0.1) is 0 Å². The highest BCUT2D eigenvalue weighted by Crippen LogP contribution is 2.42. The van der Waals surface area contributed by atoms with Crippen molar-refractivity contribution in [3.05, 3.63) is 64.7 Å². The van der Waals surface area contributed by atoms with Crippen LogP contribution in [0.15, 0.2) is 48.5 Å². The molecule has 0 radical (unpaired) electrons. The molecule has 1 saturated carbocycles. The third-order valence-electron chi connectivity index (χ3n) is 5.72. The predicted molar refractivity (Wildman–Crippen MR) is 121 cm³/mol. The number of primary amides is 1. The van der Waals surface area contributed by atoms with Gasteiger partial charge < -0.3 is 20.1 Å². The third kappa shape index (κ3) is 5.34. The van der Waals surface area contributed by atoms with Crippen LogP contribution < -0.4 is 10.5 Å². The first-order valence-electron chi connectivity index (χ1n) is 10.5. The zero-order chi connectivity index (χ0) is 24.0. The Balaban J connectivity index is 1.71. The van der Waals surface area contributed by atoms with E-state index in [-0.39, 0.29) is 18.0 Å². The Hall–Kier alpha value is -3.39. The lowest BCUT2D eigenvalue weighted by molar-refractivity contribution is -0.150. The van der Waals surface area contributed by atoms with E-state index in [1.807, 2.05) is 0 Å². The summed E-state index contributed by atoms with van der Waals surface area (Å²) < 4.78 is 10.3. The van der Waals surface area contributed by atoms with Gasteiger partial charge in [-0.05, 0) is 49.6 Å². The van der Waals surface area contributed by atoms with Gasteiger partial charge in [-0.25, -0.2) is 4.79 Å². The summed E-state index contributed by atoms with van der Waals surface area (Å²) in [6.45, 7) is -0.814. The van der Waals surface area contributed by atoms with Gasteiger partial charge in [0.15, 0.2) is 19.0 Å². The molecule has 0 spiro atoms. The van der Waals surface area contributed by atoms with Gasteiger partial charge in [-0.3, -0.25) is 14.4 Å². The van der Waals surface area contributed by atoms with Crippen LogP contribution in [0.3, 0.4) is 0 Å². The number of nitrogens with two attached hydrogens (primary N) is 1. The van der Waals surface area contributed by atoms with E-state index >= 15 is 0 Å². The second kappa shape index (κ2) is 10.5. The molecular weight excluding hydrogens is 448 g/mol. The minimum atomic E-state index is -1.19. The second-order valence-corrected chi connectivity index (χ2v) is 8.19. The molecule has 1 fully saturated rings. The maximum absolute atomic E-state index is 13.1. The maximum Gasteiger partial charge on any atom is 0.338 e. The number of carbonyl (C=O) groups is 4. The second-order valence-electron chi connectivity index (χ2n) is 7.78. The Labute approximate surface area is 196 Å². The number of ether oxygens (including phenoxy) is 2. The van der Waals surface area contributed by atoms with Crippen molar-refractivity contribution in [1.82, 2.24) is 4.90 Å². The SMILES string of the molecule is CN(C(=O)COC(=O)c1ccc(OCC(N)=O)cc1)C1(c2ccccc2Cl)CCCCC1=O. The molecule has 1 unspecified atom stereocenters. The molecule has 2 amide bonds.